The van der Waals surface area contributed by atoms with E-state index in [1.54, 1.807) is 0 Å². The summed E-state index contributed by atoms with van der Waals surface area (Å²) in [6.45, 7) is 8.43. The quantitative estimate of drug-likeness (QED) is 0.605. The highest BCUT2D eigenvalue weighted by molar-refractivity contribution is 5.22. The van der Waals surface area contributed by atoms with Crippen molar-refractivity contribution in [1.82, 2.24) is 0 Å². The Morgan fingerprint density at radius 2 is 2.07 bits per heavy atom. The molecule has 76 valence electrons. The zero-order valence-electron chi connectivity index (χ0n) is 9.34. The van der Waals surface area contributed by atoms with Crippen LogP contribution in [-0.2, 0) is 6.42 Å². The van der Waals surface area contributed by atoms with Gasteiger partial charge in [-0.2, -0.15) is 0 Å². The van der Waals surface area contributed by atoms with Crippen LogP contribution in [0.15, 0.2) is 36.4 Å². The lowest BCUT2D eigenvalue weighted by Gasteiger charge is -2.04. The Morgan fingerprint density at radius 1 is 1.29 bits per heavy atom. The number of hydrogen-bond donors (Lipinski definition) is 0. The average Bonchev–Trinajstić information content (AvgIpc) is 2.15. The fraction of sp³-hybridized carbons (Fsp3) is 0.429. The van der Waals surface area contributed by atoms with Gasteiger partial charge in [0.1, 0.15) is 0 Å². The molecule has 1 aromatic carbocycles. The van der Waals surface area contributed by atoms with Crippen LogP contribution in [0, 0.1) is 6.92 Å². The van der Waals surface area contributed by atoms with Gasteiger partial charge in [0.2, 0.25) is 0 Å². The first-order chi connectivity index (χ1) is 6.72. The second kappa shape index (κ2) is 5.64. The second-order valence-electron chi connectivity index (χ2n) is 3.99. The van der Waals surface area contributed by atoms with Gasteiger partial charge in [-0.25, -0.2) is 0 Å². The van der Waals surface area contributed by atoms with E-state index >= 15 is 0 Å². The summed E-state index contributed by atoms with van der Waals surface area (Å²) in [5.41, 5.74) is 4.17. The van der Waals surface area contributed by atoms with E-state index in [2.05, 4.69) is 44.7 Å². The maximum atomic E-state index is 4.08. The number of aryl methyl sites for hydroxylation is 2. The Balaban J connectivity index is 2.41. The van der Waals surface area contributed by atoms with E-state index in [0.29, 0.717) is 0 Å². The molecular weight excluding hydrogens is 168 g/mol. The summed E-state index contributed by atoms with van der Waals surface area (Å²) >= 11 is 0. The Labute approximate surface area is 87.7 Å². The first kappa shape index (κ1) is 11.0. The van der Waals surface area contributed by atoms with Crippen LogP contribution in [0.2, 0.25) is 0 Å². The monoisotopic (exact) mass is 188 g/mol. The molecule has 1 rings (SSSR count). The van der Waals surface area contributed by atoms with Crippen molar-refractivity contribution in [3.05, 3.63) is 47.5 Å². The number of benzene rings is 1. The molecule has 0 N–H and O–H groups in total. The van der Waals surface area contributed by atoms with Crippen LogP contribution in [0.1, 0.15) is 37.3 Å². The van der Waals surface area contributed by atoms with E-state index in [0.717, 1.165) is 12.8 Å². The molecule has 0 aromatic heterocycles. The molecule has 0 spiro atoms. The molecule has 1 aromatic rings. The fourth-order valence-corrected chi connectivity index (χ4v) is 1.67. The third-order valence-electron chi connectivity index (χ3n) is 2.45. The van der Waals surface area contributed by atoms with E-state index in [4.69, 9.17) is 0 Å². The highest BCUT2D eigenvalue weighted by atomic mass is 14.0. The van der Waals surface area contributed by atoms with Gasteiger partial charge in [-0.3, -0.25) is 0 Å². The molecule has 0 saturated carbocycles. The molecule has 0 fully saturated rings. The van der Waals surface area contributed by atoms with Gasteiger partial charge in [0, 0.05) is 0 Å². The minimum atomic E-state index is 1.14. The van der Waals surface area contributed by atoms with E-state index in [1.165, 1.54) is 29.5 Å². The largest absolute Gasteiger partial charge is 0.0999 e. The molecule has 14 heavy (non-hydrogen) atoms. The second-order valence-corrected chi connectivity index (χ2v) is 3.99. The zero-order valence-corrected chi connectivity index (χ0v) is 9.34. The van der Waals surface area contributed by atoms with Gasteiger partial charge in [-0.1, -0.05) is 55.3 Å². The van der Waals surface area contributed by atoms with E-state index in [9.17, 15) is 0 Å². The molecule has 0 heteroatoms. The van der Waals surface area contributed by atoms with Gasteiger partial charge < -0.3 is 0 Å². The number of hydrogen-bond acceptors (Lipinski definition) is 0. The van der Waals surface area contributed by atoms with Crippen LogP contribution in [0.25, 0.3) is 0 Å². The Bertz CT molecular complexity index is 297. The summed E-state index contributed by atoms with van der Waals surface area (Å²) in [7, 11) is 0. The van der Waals surface area contributed by atoms with Crippen molar-refractivity contribution in [2.24, 2.45) is 0 Å². The first-order valence-electron chi connectivity index (χ1n) is 5.44. The van der Waals surface area contributed by atoms with Crippen LogP contribution in [0.3, 0.4) is 0 Å². The molecule has 0 atom stereocenters. The fourth-order valence-electron chi connectivity index (χ4n) is 1.67. The Kier molecular flexibility index (Phi) is 4.45. The molecule has 0 radical (unpaired) electrons. The third-order valence-corrected chi connectivity index (χ3v) is 2.45. The van der Waals surface area contributed by atoms with Crippen LogP contribution < -0.4 is 0 Å². The number of allylic oxidation sites excluding steroid dienone is 1. The van der Waals surface area contributed by atoms with Crippen LogP contribution in [-0.4, -0.2) is 0 Å². The molecule has 0 aliphatic carbocycles. The van der Waals surface area contributed by atoms with Crippen molar-refractivity contribution in [2.45, 2.75) is 39.5 Å². The first-order valence-corrected chi connectivity index (χ1v) is 5.44. The maximum Gasteiger partial charge on any atom is -0.0241 e. The van der Waals surface area contributed by atoms with E-state index in [-0.39, 0.29) is 0 Å². The van der Waals surface area contributed by atoms with Gasteiger partial charge in [0.15, 0.2) is 0 Å². The molecule has 0 amide bonds. The summed E-state index contributed by atoms with van der Waals surface area (Å²) in [5, 5.41) is 0. The molecule has 0 aliphatic heterocycles. The third kappa shape index (κ3) is 3.78. The lowest BCUT2D eigenvalue weighted by atomic mass is 10.0. The van der Waals surface area contributed by atoms with Crippen molar-refractivity contribution >= 4 is 0 Å². The molecule has 0 nitrogen and oxygen atoms in total. The van der Waals surface area contributed by atoms with Gasteiger partial charge in [-0.15, -0.1) is 0 Å². The predicted molar refractivity (Wildman–Crippen MR) is 63.5 cm³/mol. The topological polar surface area (TPSA) is 0 Å². The molecule has 0 heterocycles. The molecule has 0 saturated heterocycles. The molecular formula is C14H20. The van der Waals surface area contributed by atoms with Crippen LogP contribution in [0.5, 0.6) is 0 Å². The maximum absolute atomic E-state index is 4.08. The minimum absolute atomic E-state index is 1.14. The van der Waals surface area contributed by atoms with Gasteiger partial charge in [0.05, 0.1) is 0 Å². The summed E-state index contributed by atoms with van der Waals surface area (Å²) in [5.74, 6) is 0. The van der Waals surface area contributed by atoms with Gasteiger partial charge in [0.25, 0.3) is 0 Å². The predicted octanol–water partition coefficient (Wildman–Crippen LogP) is 4.28. The van der Waals surface area contributed by atoms with Gasteiger partial charge in [-0.05, 0) is 31.7 Å². The normalized spacial score (nSPS) is 10.1. The van der Waals surface area contributed by atoms with Crippen molar-refractivity contribution in [1.29, 1.82) is 0 Å². The van der Waals surface area contributed by atoms with E-state index in [1.807, 2.05) is 0 Å². The smallest absolute Gasteiger partial charge is 0.0241 e. The molecule has 0 unspecified atom stereocenters. The van der Waals surface area contributed by atoms with Crippen LogP contribution in [0.4, 0.5) is 0 Å². The van der Waals surface area contributed by atoms with Crippen LogP contribution >= 0.6 is 0 Å². The van der Waals surface area contributed by atoms with Crippen molar-refractivity contribution < 1.29 is 0 Å². The summed E-state index contributed by atoms with van der Waals surface area (Å²) < 4.78 is 0. The van der Waals surface area contributed by atoms with Gasteiger partial charge >= 0.3 is 0 Å². The zero-order chi connectivity index (χ0) is 10.4. The highest BCUT2D eigenvalue weighted by Gasteiger charge is 1.96. The lowest BCUT2D eigenvalue weighted by molar-refractivity contribution is 0.822. The minimum Gasteiger partial charge on any atom is -0.0999 e. The highest BCUT2D eigenvalue weighted by Crippen LogP contribution is 2.13. The lowest BCUT2D eigenvalue weighted by Crippen LogP contribution is -1.88. The van der Waals surface area contributed by atoms with E-state index < -0.39 is 0 Å². The summed E-state index contributed by atoms with van der Waals surface area (Å²) in [6.07, 6.45) is 4.66. The Morgan fingerprint density at radius 3 is 2.71 bits per heavy atom. The standard InChI is InChI=1S/C14H20/c1-4-6-12(2)9-10-14-8-5-7-13(3)11-14/h5,7-8,11H,2,4,6,9-10H2,1,3H3. The van der Waals surface area contributed by atoms with Crippen molar-refractivity contribution in [3.63, 3.8) is 0 Å². The molecule has 0 aliphatic rings. The summed E-state index contributed by atoms with van der Waals surface area (Å²) in [4.78, 5) is 0. The Hall–Kier alpha value is -1.04. The SMILES string of the molecule is C=C(CCC)CCc1cccc(C)c1. The van der Waals surface area contributed by atoms with Crippen molar-refractivity contribution in [2.75, 3.05) is 0 Å². The average molecular weight is 188 g/mol. The number of rotatable bonds is 5. The molecule has 0 bridgehead atoms. The summed E-state index contributed by atoms with van der Waals surface area (Å²) in [6, 6.07) is 8.74. The van der Waals surface area contributed by atoms with Crippen molar-refractivity contribution in [3.8, 4) is 0 Å².